The van der Waals surface area contributed by atoms with Crippen LogP contribution in [0.4, 0.5) is 13.2 Å². The quantitative estimate of drug-likeness (QED) is 0.517. The lowest BCUT2D eigenvalue weighted by Crippen LogP contribution is -2.31. The van der Waals surface area contributed by atoms with Gasteiger partial charge in [-0.3, -0.25) is 9.67 Å². The highest BCUT2D eigenvalue weighted by Crippen LogP contribution is 2.38. The number of aliphatic hydroxyl groups is 1. The number of hydrogen-bond donors (Lipinski definition) is 2. The summed E-state index contributed by atoms with van der Waals surface area (Å²) in [5.41, 5.74) is 3.68. The molecule has 3 rings (SSSR count). The third kappa shape index (κ3) is 5.16. The molecule has 2 heterocycles. The van der Waals surface area contributed by atoms with Crippen molar-refractivity contribution in [2.24, 2.45) is 4.99 Å². The number of hydrogen-bond acceptors (Lipinski definition) is 6. The first kappa shape index (κ1) is 25.9. The van der Waals surface area contributed by atoms with E-state index in [1.165, 1.54) is 4.68 Å². The van der Waals surface area contributed by atoms with Gasteiger partial charge in [-0.15, -0.1) is 0 Å². The topological polar surface area (TPSA) is 92.9 Å². The van der Waals surface area contributed by atoms with Crippen molar-refractivity contribution in [3.8, 4) is 11.3 Å². The first-order valence-corrected chi connectivity index (χ1v) is 11.8. The zero-order valence-electron chi connectivity index (χ0n) is 18.4. The normalized spacial score (nSPS) is 16.2. The minimum absolute atomic E-state index is 0.111. The van der Waals surface area contributed by atoms with Crippen molar-refractivity contribution in [2.75, 3.05) is 25.7 Å². The Kier molecular flexibility index (Phi) is 8.11. The molecular weight excluding hydrogens is 495 g/mol. The van der Waals surface area contributed by atoms with Gasteiger partial charge in [0.15, 0.2) is 5.76 Å². The molecule has 1 aromatic carbocycles. The van der Waals surface area contributed by atoms with E-state index >= 15 is 0 Å². The van der Waals surface area contributed by atoms with E-state index in [-0.39, 0.29) is 25.3 Å². The fraction of sp³-hybridized carbons (Fsp3) is 0.364. The van der Waals surface area contributed by atoms with Crippen molar-refractivity contribution in [2.45, 2.75) is 32.0 Å². The van der Waals surface area contributed by atoms with E-state index in [2.05, 4.69) is 10.4 Å². The lowest BCUT2D eigenvalue weighted by molar-refractivity contribution is -0.0884. The molecule has 0 saturated carbocycles. The Morgan fingerprint density at radius 1 is 1.29 bits per heavy atom. The van der Waals surface area contributed by atoms with Crippen LogP contribution >= 0.6 is 11.6 Å². The highest BCUT2D eigenvalue weighted by atomic mass is 35.5. The fourth-order valence-electron chi connectivity index (χ4n) is 3.75. The fourth-order valence-corrected chi connectivity index (χ4v) is 4.61. The van der Waals surface area contributed by atoms with E-state index in [1.807, 2.05) is 0 Å². The number of benzene rings is 1. The summed E-state index contributed by atoms with van der Waals surface area (Å²) in [5, 5.41) is 10.1. The van der Waals surface area contributed by atoms with Crippen LogP contribution in [-0.2, 0) is 21.5 Å². The van der Waals surface area contributed by atoms with Crippen LogP contribution in [0.2, 0.25) is 5.02 Å². The molecule has 0 amide bonds. The van der Waals surface area contributed by atoms with Crippen LogP contribution in [0.25, 0.3) is 11.3 Å². The molecule has 1 aliphatic rings. The number of halogens is 4. The van der Waals surface area contributed by atoms with Crippen molar-refractivity contribution >= 4 is 33.0 Å². The first-order chi connectivity index (χ1) is 16.1. The summed E-state index contributed by atoms with van der Waals surface area (Å²) in [6.45, 7) is 1.31. The number of aliphatic hydroxyl groups excluding tert-OH is 1. The van der Waals surface area contributed by atoms with Crippen molar-refractivity contribution in [1.29, 1.82) is 0 Å². The maximum absolute atomic E-state index is 13.7. The molecule has 0 fully saturated rings. The maximum Gasteiger partial charge on any atom is 0.421 e. The molecule has 0 radical (unpaired) electrons. The molecule has 1 aliphatic heterocycles. The molecule has 34 heavy (non-hydrogen) atoms. The van der Waals surface area contributed by atoms with Gasteiger partial charge in [-0.25, -0.2) is 0 Å². The van der Waals surface area contributed by atoms with Gasteiger partial charge < -0.3 is 15.3 Å². The predicted octanol–water partition coefficient (Wildman–Crippen LogP) is 3.94. The number of allylic oxidation sites excluding steroid dienone is 1. The molecular formula is C22H23ClF3N3O4S. The molecule has 7 nitrogen and oxygen atoms in total. The van der Waals surface area contributed by atoms with E-state index in [0.29, 0.717) is 34.5 Å². The largest absolute Gasteiger partial charge is 0.491 e. The third-order valence-corrected chi connectivity index (χ3v) is 6.11. The van der Waals surface area contributed by atoms with Gasteiger partial charge in [0.05, 0.1) is 18.0 Å². The molecule has 184 valence electrons. The molecule has 2 N–H and O–H groups in total. The Morgan fingerprint density at radius 3 is 2.59 bits per heavy atom. The summed E-state index contributed by atoms with van der Waals surface area (Å²) in [6.07, 6.45) is -3.78. The zero-order chi connectivity index (χ0) is 25.0. The Hall–Kier alpha value is -2.76. The molecule has 12 heteroatoms. The lowest BCUT2D eigenvalue weighted by Gasteiger charge is -2.26. The predicted molar refractivity (Wildman–Crippen MR) is 125 cm³/mol. The zero-order valence-corrected chi connectivity index (χ0v) is 19.9. The van der Waals surface area contributed by atoms with Crippen LogP contribution in [0.1, 0.15) is 30.6 Å². The van der Waals surface area contributed by atoms with E-state index < -0.39 is 38.7 Å². The van der Waals surface area contributed by atoms with Crippen molar-refractivity contribution in [3.05, 3.63) is 57.9 Å². The number of aliphatic imine (C=N–C) groups is 1. The van der Waals surface area contributed by atoms with Gasteiger partial charge in [-0.05, 0) is 36.6 Å². The number of nitrogens with zero attached hydrogens (tertiary/aromatic N) is 2. The lowest BCUT2D eigenvalue weighted by atomic mass is 9.99. The Labute approximate surface area is 201 Å². The van der Waals surface area contributed by atoms with Crippen LogP contribution in [0, 0.1) is 0 Å². The number of alkyl halides is 3. The van der Waals surface area contributed by atoms with E-state index in [0.717, 1.165) is 0 Å². The second-order valence-corrected chi connectivity index (χ2v) is 8.70. The molecule has 0 bridgehead atoms. The Bertz CT molecular complexity index is 1260. The highest BCUT2D eigenvalue weighted by Gasteiger charge is 2.43. The minimum Gasteiger partial charge on any atom is -0.491 e. The van der Waals surface area contributed by atoms with Crippen LogP contribution in [0.3, 0.4) is 0 Å². The second-order valence-electron chi connectivity index (χ2n) is 7.35. The van der Waals surface area contributed by atoms with E-state index in [9.17, 15) is 26.7 Å². The van der Waals surface area contributed by atoms with Gasteiger partial charge in [0, 0.05) is 30.5 Å². The summed E-state index contributed by atoms with van der Waals surface area (Å²) in [4.78, 5) is 3.37. The average molecular weight is 518 g/mol. The molecule has 0 saturated heterocycles. The number of aromatic nitrogens is 1. The van der Waals surface area contributed by atoms with Crippen LogP contribution in [0.5, 0.6) is 0 Å². The number of dihydropyridines is 1. The summed E-state index contributed by atoms with van der Waals surface area (Å²) in [5.74, 6) is -0.772. The van der Waals surface area contributed by atoms with Gasteiger partial charge >= 0.3 is 6.18 Å². The smallest absolute Gasteiger partial charge is 0.421 e. The molecule has 1 unspecified atom stereocenters. The summed E-state index contributed by atoms with van der Waals surface area (Å²) < 4.78 is 72.5. The summed E-state index contributed by atoms with van der Waals surface area (Å²) >= 11 is 6.13. The first-order valence-electron chi connectivity index (χ1n) is 10.4. The van der Waals surface area contributed by atoms with Gasteiger partial charge in [-0.1, -0.05) is 30.7 Å². The summed E-state index contributed by atoms with van der Waals surface area (Å²) in [6, 6.07) is 7.26. The standard InChI is InChI=1S/C22H23ClF3N3O4S/c1-3-9-33-20-16(22(24,25)26)12-28-18(21(20)34(31)32)19-14(7-8-30)11-17(29(19)27-2)13-5-4-6-15(23)10-13/h4-6,10-12,18,27,30H,3,7-9H2,1-2H3. The second kappa shape index (κ2) is 10.7. The van der Waals surface area contributed by atoms with Crippen molar-refractivity contribution in [3.63, 3.8) is 0 Å². The molecule has 2 aromatic rings. The monoisotopic (exact) mass is 517 g/mol. The van der Waals surface area contributed by atoms with Gasteiger partial charge in [0.25, 0.3) is 0 Å². The van der Waals surface area contributed by atoms with Crippen LogP contribution in [-0.4, -0.2) is 55.7 Å². The molecule has 0 spiro atoms. The third-order valence-electron chi connectivity index (χ3n) is 5.11. The van der Waals surface area contributed by atoms with Crippen LogP contribution in [0.15, 0.2) is 46.7 Å². The number of ether oxygens (including phenoxy) is 1. The molecule has 1 aromatic heterocycles. The summed E-state index contributed by atoms with van der Waals surface area (Å²) in [7, 11) is -1.51. The van der Waals surface area contributed by atoms with Crippen molar-refractivity contribution < 1.29 is 31.4 Å². The Morgan fingerprint density at radius 2 is 2.03 bits per heavy atom. The maximum atomic E-state index is 13.7. The van der Waals surface area contributed by atoms with Crippen molar-refractivity contribution in [1.82, 2.24) is 4.68 Å². The SMILES string of the molecule is CCCOC1=C(C(F)(F)F)C=NC(c2c(CCO)cc(-c3cccc(Cl)c3)n2NC)C1=S(=O)=O. The van der Waals surface area contributed by atoms with Crippen LogP contribution < -0.4 is 5.43 Å². The highest BCUT2D eigenvalue weighted by molar-refractivity contribution is 7.73. The van der Waals surface area contributed by atoms with E-state index in [4.69, 9.17) is 16.3 Å². The Balaban J connectivity index is 2.29. The van der Waals surface area contributed by atoms with E-state index in [1.54, 1.807) is 44.3 Å². The van der Waals surface area contributed by atoms with Gasteiger partial charge in [0.2, 0.25) is 10.3 Å². The minimum atomic E-state index is -4.87. The molecule has 0 aliphatic carbocycles. The average Bonchev–Trinajstić information content (AvgIpc) is 3.14. The van der Waals surface area contributed by atoms with Gasteiger partial charge in [-0.2, -0.15) is 21.6 Å². The number of nitrogens with one attached hydrogen (secondary N) is 1. The van der Waals surface area contributed by atoms with Gasteiger partial charge in [0.1, 0.15) is 16.5 Å². The number of rotatable bonds is 8. The molecule has 1 atom stereocenters.